The van der Waals surface area contributed by atoms with E-state index >= 15 is 0 Å². The van der Waals surface area contributed by atoms with E-state index in [0.717, 1.165) is 55.2 Å². The van der Waals surface area contributed by atoms with Crippen molar-refractivity contribution in [1.82, 2.24) is 9.80 Å². The van der Waals surface area contributed by atoms with Gasteiger partial charge in [0.1, 0.15) is 11.5 Å². The van der Waals surface area contributed by atoms with Gasteiger partial charge >= 0.3 is 0 Å². The molecule has 0 saturated heterocycles. The zero-order chi connectivity index (χ0) is 36.2. The Bertz CT molecular complexity index is 2040. The van der Waals surface area contributed by atoms with Crippen LogP contribution < -0.4 is 14.2 Å². The standard InChI is InChI=1S/C42H44N4O6/c1-27-15-36-38(44-23-34-17-29-11-12-35(48)18-31(29)25-46(34)42(36)49)21-39(27)51-13-7-4-8-14-52-41-20-37(32(26-47)19-40(41)50-3)43-22-33-16-28-9-5-6-10-30(28)24-45(33)2/h5-6,9-12,15,18-23,26,33-34,48H,4,7-8,13-14,16-17,24-25H2,1-3H3. The minimum absolute atomic E-state index is 0.0690. The first-order valence-electron chi connectivity index (χ1n) is 17.9. The van der Waals surface area contributed by atoms with Gasteiger partial charge in [0.05, 0.1) is 43.3 Å². The number of aliphatic imine (C=N–C) groups is 2. The van der Waals surface area contributed by atoms with Crippen LogP contribution in [0.3, 0.4) is 0 Å². The fourth-order valence-electron chi connectivity index (χ4n) is 7.18. The lowest BCUT2D eigenvalue weighted by Crippen LogP contribution is -2.44. The molecule has 0 aromatic heterocycles. The van der Waals surface area contributed by atoms with Crippen LogP contribution >= 0.6 is 0 Å². The number of phenolic OH excluding ortho intramolecular Hbond substituents is 1. The second-order valence-corrected chi connectivity index (χ2v) is 13.7. The normalized spacial score (nSPS) is 17.9. The van der Waals surface area contributed by atoms with Crippen LogP contribution in [0.1, 0.15) is 67.8 Å². The SMILES string of the molecule is COc1cc(C=O)c(N=CC2Cc3ccccc3CN2C)cc1OCCCCCOc1cc2c(cc1C)C(=O)N1Cc3cc(O)ccc3CC1C=N2. The van der Waals surface area contributed by atoms with Gasteiger partial charge in [-0.2, -0.15) is 0 Å². The molecule has 52 heavy (non-hydrogen) atoms. The van der Waals surface area contributed by atoms with Gasteiger partial charge in [0, 0.05) is 49.3 Å². The van der Waals surface area contributed by atoms with Gasteiger partial charge < -0.3 is 24.2 Å². The summed E-state index contributed by atoms with van der Waals surface area (Å²) in [6.07, 6.45) is 8.58. The van der Waals surface area contributed by atoms with E-state index in [1.807, 2.05) is 42.5 Å². The van der Waals surface area contributed by atoms with E-state index in [0.29, 0.717) is 65.9 Å². The van der Waals surface area contributed by atoms with Crippen molar-refractivity contribution in [2.45, 2.75) is 64.2 Å². The number of unbranched alkanes of at least 4 members (excludes halogenated alkanes) is 2. The molecule has 10 heteroatoms. The lowest BCUT2D eigenvalue weighted by Gasteiger charge is -2.34. The van der Waals surface area contributed by atoms with Crippen molar-refractivity contribution in [3.63, 3.8) is 0 Å². The number of carbonyl (C=O) groups is 2. The second kappa shape index (κ2) is 15.4. The molecule has 0 bridgehead atoms. The van der Waals surface area contributed by atoms with Gasteiger partial charge in [0.25, 0.3) is 5.91 Å². The van der Waals surface area contributed by atoms with Crippen molar-refractivity contribution >= 4 is 36.0 Å². The molecular weight excluding hydrogens is 656 g/mol. The summed E-state index contributed by atoms with van der Waals surface area (Å²) < 4.78 is 17.8. The molecule has 10 nitrogen and oxygen atoms in total. The van der Waals surface area contributed by atoms with Crippen LogP contribution in [0.2, 0.25) is 0 Å². The highest BCUT2D eigenvalue weighted by molar-refractivity contribution is 6.03. The number of methoxy groups -OCH3 is 1. The lowest BCUT2D eigenvalue weighted by molar-refractivity contribution is 0.0703. The Morgan fingerprint density at radius 1 is 0.885 bits per heavy atom. The van der Waals surface area contributed by atoms with Gasteiger partial charge in [0.15, 0.2) is 17.8 Å². The molecule has 3 aliphatic rings. The maximum Gasteiger partial charge on any atom is 0.256 e. The van der Waals surface area contributed by atoms with Crippen LogP contribution in [0.5, 0.6) is 23.0 Å². The molecule has 4 aromatic rings. The first kappa shape index (κ1) is 34.9. The molecule has 0 aliphatic carbocycles. The molecule has 0 saturated carbocycles. The van der Waals surface area contributed by atoms with Gasteiger partial charge in [0.2, 0.25) is 0 Å². The molecule has 1 amide bonds. The van der Waals surface area contributed by atoms with Crippen LogP contribution in [-0.2, 0) is 25.9 Å². The lowest BCUT2D eigenvalue weighted by atomic mass is 9.93. The monoisotopic (exact) mass is 700 g/mol. The van der Waals surface area contributed by atoms with Crippen LogP contribution in [0, 0.1) is 6.92 Å². The summed E-state index contributed by atoms with van der Waals surface area (Å²) in [5, 5.41) is 9.96. The van der Waals surface area contributed by atoms with Crippen LogP contribution in [-0.4, -0.2) is 79.0 Å². The number of amides is 1. The Morgan fingerprint density at radius 3 is 2.44 bits per heavy atom. The Hall–Kier alpha value is -5.48. The van der Waals surface area contributed by atoms with E-state index in [9.17, 15) is 14.7 Å². The zero-order valence-corrected chi connectivity index (χ0v) is 29.9. The fraction of sp³-hybridized carbons (Fsp3) is 0.333. The summed E-state index contributed by atoms with van der Waals surface area (Å²) in [6, 6.07) is 21.0. The summed E-state index contributed by atoms with van der Waals surface area (Å²) in [4.78, 5) is 39.1. The number of ether oxygens (including phenoxy) is 3. The third kappa shape index (κ3) is 7.43. The molecule has 268 valence electrons. The minimum Gasteiger partial charge on any atom is -0.508 e. The van der Waals surface area contributed by atoms with Gasteiger partial charge in [-0.15, -0.1) is 0 Å². The summed E-state index contributed by atoms with van der Waals surface area (Å²) in [5.41, 5.74) is 7.77. The molecule has 1 N–H and O–H groups in total. The van der Waals surface area contributed by atoms with E-state index < -0.39 is 0 Å². The van der Waals surface area contributed by atoms with Crippen molar-refractivity contribution < 1.29 is 28.9 Å². The highest BCUT2D eigenvalue weighted by Gasteiger charge is 2.33. The number of aldehydes is 1. The number of benzene rings is 4. The van der Waals surface area contributed by atoms with Crippen LogP contribution in [0.4, 0.5) is 11.4 Å². The van der Waals surface area contributed by atoms with Crippen molar-refractivity contribution in [1.29, 1.82) is 0 Å². The third-order valence-corrected chi connectivity index (χ3v) is 10.2. The predicted molar refractivity (Wildman–Crippen MR) is 202 cm³/mol. The maximum absolute atomic E-state index is 13.6. The van der Waals surface area contributed by atoms with Crippen LogP contribution in [0.15, 0.2) is 76.7 Å². The van der Waals surface area contributed by atoms with Crippen molar-refractivity contribution in [3.8, 4) is 23.0 Å². The summed E-state index contributed by atoms with van der Waals surface area (Å²) in [7, 11) is 3.65. The van der Waals surface area contributed by atoms with Crippen molar-refractivity contribution in [2.24, 2.45) is 9.98 Å². The van der Waals surface area contributed by atoms with E-state index in [2.05, 4.69) is 36.2 Å². The number of hydrogen-bond donors (Lipinski definition) is 1. The Kier molecular flexibility index (Phi) is 10.4. The first-order chi connectivity index (χ1) is 25.3. The van der Waals surface area contributed by atoms with E-state index in [1.165, 1.54) is 11.1 Å². The van der Waals surface area contributed by atoms with Gasteiger partial charge in [-0.3, -0.25) is 24.5 Å². The molecule has 2 unspecified atom stereocenters. The molecular formula is C42H44N4O6. The summed E-state index contributed by atoms with van der Waals surface area (Å²) in [6.45, 7) is 4.21. The molecule has 7 rings (SSSR count). The smallest absolute Gasteiger partial charge is 0.256 e. The quantitative estimate of drug-likeness (QED) is 0.0946. The summed E-state index contributed by atoms with van der Waals surface area (Å²) in [5.74, 6) is 1.89. The summed E-state index contributed by atoms with van der Waals surface area (Å²) >= 11 is 0. The van der Waals surface area contributed by atoms with Gasteiger partial charge in [-0.05, 0) is 98.2 Å². The van der Waals surface area contributed by atoms with E-state index in [4.69, 9.17) is 24.2 Å². The number of phenols is 1. The van der Waals surface area contributed by atoms with E-state index in [-0.39, 0.29) is 23.7 Å². The maximum atomic E-state index is 13.6. The van der Waals surface area contributed by atoms with Gasteiger partial charge in [-0.1, -0.05) is 30.3 Å². The fourth-order valence-corrected chi connectivity index (χ4v) is 7.18. The minimum atomic E-state index is -0.145. The molecule has 0 spiro atoms. The third-order valence-electron chi connectivity index (χ3n) is 10.2. The molecule has 3 aliphatic heterocycles. The number of fused-ring (bicyclic) bond motifs is 4. The number of aryl methyl sites for hydroxylation is 1. The van der Waals surface area contributed by atoms with Gasteiger partial charge in [-0.25, -0.2) is 0 Å². The Balaban J connectivity index is 0.919. The molecule has 4 aromatic carbocycles. The average molecular weight is 701 g/mol. The van der Waals surface area contributed by atoms with E-state index in [1.54, 1.807) is 31.4 Å². The molecule has 0 fully saturated rings. The van der Waals surface area contributed by atoms with Crippen LogP contribution in [0.25, 0.3) is 0 Å². The number of aromatic hydroxyl groups is 1. The molecule has 2 atom stereocenters. The Labute approximate surface area is 304 Å². The number of hydrogen-bond acceptors (Lipinski definition) is 9. The van der Waals surface area contributed by atoms with Crippen molar-refractivity contribution in [2.75, 3.05) is 27.4 Å². The van der Waals surface area contributed by atoms with Crippen molar-refractivity contribution in [3.05, 3.63) is 106 Å². The predicted octanol–water partition coefficient (Wildman–Crippen LogP) is 7.19. The number of rotatable bonds is 12. The molecule has 0 radical (unpaired) electrons. The Morgan fingerprint density at radius 2 is 1.65 bits per heavy atom. The number of nitrogens with zero attached hydrogens (tertiary/aromatic N) is 4. The number of likely N-dealkylation sites (N-methyl/N-ethyl adjacent to an activating group) is 1. The first-order valence-corrected chi connectivity index (χ1v) is 17.9. The topological polar surface area (TPSA) is 113 Å². The number of carbonyl (C=O) groups excluding carboxylic acids is 2. The molecule has 3 heterocycles. The zero-order valence-electron chi connectivity index (χ0n) is 29.9. The largest absolute Gasteiger partial charge is 0.508 e. The highest BCUT2D eigenvalue weighted by atomic mass is 16.5. The second-order valence-electron chi connectivity index (χ2n) is 13.7. The average Bonchev–Trinajstić information content (AvgIpc) is 3.27. The highest BCUT2D eigenvalue weighted by Crippen LogP contribution is 2.37.